The highest BCUT2D eigenvalue weighted by molar-refractivity contribution is 7.23. The van der Waals surface area contributed by atoms with E-state index < -0.39 is 5.97 Å². The number of hydrogen-bond donors (Lipinski definition) is 0. The molecule has 0 radical (unpaired) electrons. The number of rotatable bonds is 2. The number of carbonyl (C=O) groups is 1. The van der Waals surface area contributed by atoms with E-state index in [0.29, 0.717) is 10.7 Å². The second kappa shape index (κ2) is 4.90. The highest BCUT2D eigenvalue weighted by atomic mass is 32.1. The summed E-state index contributed by atoms with van der Waals surface area (Å²) in [7, 11) is 1.31. The van der Waals surface area contributed by atoms with E-state index in [2.05, 4.69) is 9.72 Å². The molecule has 0 amide bonds. The molecule has 0 aliphatic rings. The van der Waals surface area contributed by atoms with Crippen LogP contribution in [0.3, 0.4) is 0 Å². The molecule has 0 spiro atoms. The Morgan fingerprint density at radius 2 is 2.20 bits per heavy atom. The number of ether oxygens (including phenoxy) is 1. The average Bonchev–Trinajstić information content (AvgIpc) is 2.82. The van der Waals surface area contributed by atoms with Crippen molar-refractivity contribution in [1.82, 2.24) is 9.38 Å². The third-order valence-electron chi connectivity index (χ3n) is 2.83. The number of para-hydroxylation sites is 1. The van der Waals surface area contributed by atoms with Crippen molar-refractivity contribution >= 4 is 38.6 Å². The molecule has 20 heavy (non-hydrogen) atoms. The van der Waals surface area contributed by atoms with E-state index in [4.69, 9.17) is 0 Å². The fourth-order valence-corrected chi connectivity index (χ4v) is 3.00. The van der Waals surface area contributed by atoms with Gasteiger partial charge in [0.25, 0.3) is 5.56 Å². The van der Waals surface area contributed by atoms with E-state index in [9.17, 15) is 9.59 Å². The van der Waals surface area contributed by atoms with Crippen LogP contribution in [0.1, 0.15) is 5.69 Å². The Bertz CT molecular complexity index is 892. The SMILES string of the molecule is COC(=O)/C=C/c1cc(=O)nc2sc3ccccc3n12. The standard InChI is InChI=1S/C14H10N2O3S/c1-19-13(18)7-6-9-8-12(17)15-14-16(9)10-4-2-3-5-11(10)20-14/h2-8H,1H3/b7-6+. The molecule has 100 valence electrons. The first-order valence-electron chi connectivity index (χ1n) is 5.86. The molecule has 2 heterocycles. The number of methoxy groups -OCH3 is 1. The summed E-state index contributed by atoms with van der Waals surface area (Å²) in [6.07, 6.45) is 2.84. The number of aromatic nitrogens is 2. The summed E-state index contributed by atoms with van der Waals surface area (Å²) in [5.41, 5.74) is 1.22. The van der Waals surface area contributed by atoms with Crippen molar-refractivity contribution in [2.24, 2.45) is 0 Å². The van der Waals surface area contributed by atoms with Gasteiger partial charge in [0.15, 0.2) is 4.96 Å². The van der Waals surface area contributed by atoms with Crippen LogP contribution in [-0.2, 0) is 9.53 Å². The number of thiazole rings is 1. The van der Waals surface area contributed by atoms with E-state index >= 15 is 0 Å². The van der Waals surface area contributed by atoms with E-state index in [1.165, 1.54) is 30.6 Å². The van der Waals surface area contributed by atoms with Crippen molar-refractivity contribution in [2.45, 2.75) is 0 Å². The number of carbonyl (C=O) groups excluding carboxylic acids is 1. The van der Waals surface area contributed by atoms with E-state index in [1.54, 1.807) is 6.08 Å². The predicted molar refractivity (Wildman–Crippen MR) is 77.9 cm³/mol. The molecule has 2 aromatic heterocycles. The fraction of sp³-hybridized carbons (Fsp3) is 0.0714. The molecule has 0 saturated heterocycles. The molecule has 0 aliphatic heterocycles. The number of esters is 1. The van der Waals surface area contributed by atoms with Crippen molar-refractivity contribution < 1.29 is 9.53 Å². The molecular weight excluding hydrogens is 276 g/mol. The minimum absolute atomic E-state index is 0.332. The molecule has 0 unspecified atom stereocenters. The zero-order valence-electron chi connectivity index (χ0n) is 10.6. The second-order valence-electron chi connectivity index (χ2n) is 4.06. The minimum Gasteiger partial charge on any atom is -0.466 e. The Kier molecular flexibility index (Phi) is 3.08. The molecule has 5 nitrogen and oxygen atoms in total. The maximum absolute atomic E-state index is 11.6. The lowest BCUT2D eigenvalue weighted by Crippen LogP contribution is -2.08. The molecule has 0 fully saturated rings. The highest BCUT2D eigenvalue weighted by Crippen LogP contribution is 2.25. The quantitative estimate of drug-likeness (QED) is 0.534. The highest BCUT2D eigenvalue weighted by Gasteiger charge is 2.08. The van der Waals surface area contributed by atoms with Crippen LogP contribution in [0, 0.1) is 0 Å². The molecule has 0 atom stereocenters. The third-order valence-corrected chi connectivity index (χ3v) is 3.85. The number of fused-ring (bicyclic) bond motifs is 3. The molecule has 3 rings (SSSR count). The molecule has 0 saturated carbocycles. The third kappa shape index (κ3) is 2.10. The molecule has 0 aliphatic carbocycles. The van der Waals surface area contributed by atoms with Gasteiger partial charge in [0, 0.05) is 12.1 Å². The van der Waals surface area contributed by atoms with Gasteiger partial charge >= 0.3 is 5.97 Å². The smallest absolute Gasteiger partial charge is 0.330 e. The molecule has 1 aromatic carbocycles. The van der Waals surface area contributed by atoms with Crippen LogP contribution >= 0.6 is 11.3 Å². The summed E-state index contributed by atoms with van der Waals surface area (Å²) in [6, 6.07) is 9.15. The van der Waals surface area contributed by atoms with Gasteiger partial charge in [-0.25, -0.2) is 4.79 Å². The van der Waals surface area contributed by atoms with Crippen molar-refractivity contribution in [2.75, 3.05) is 7.11 Å². The van der Waals surface area contributed by atoms with E-state index in [-0.39, 0.29) is 5.56 Å². The Hall–Kier alpha value is -2.47. The zero-order chi connectivity index (χ0) is 14.1. The summed E-state index contributed by atoms with van der Waals surface area (Å²) in [5, 5.41) is 0. The van der Waals surface area contributed by atoms with Gasteiger partial charge in [-0.2, -0.15) is 4.98 Å². The van der Waals surface area contributed by atoms with Crippen molar-refractivity contribution in [3.8, 4) is 0 Å². The van der Waals surface area contributed by atoms with Crippen LogP contribution in [0.5, 0.6) is 0 Å². The van der Waals surface area contributed by atoms with Gasteiger partial charge in [0.05, 0.1) is 23.0 Å². The maximum Gasteiger partial charge on any atom is 0.330 e. The van der Waals surface area contributed by atoms with Gasteiger partial charge in [0.1, 0.15) is 0 Å². The average molecular weight is 286 g/mol. The van der Waals surface area contributed by atoms with Crippen LogP contribution < -0.4 is 5.56 Å². The van der Waals surface area contributed by atoms with Gasteiger partial charge < -0.3 is 4.74 Å². The fourth-order valence-electron chi connectivity index (χ4n) is 1.96. The van der Waals surface area contributed by atoms with Crippen LogP contribution in [0.15, 0.2) is 41.2 Å². The van der Waals surface area contributed by atoms with Crippen LogP contribution in [0.4, 0.5) is 0 Å². The zero-order valence-corrected chi connectivity index (χ0v) is 11.4. The predicted octanol–water partition coefficient (Wildman–Crippen LogP) is 2.10. The van der Waals surface area contributed by atoms with E-state index in [0.717, 1.165) is 10.2 Å². The van der Waals surface area contributed by atoms with Gasteiger partial charge in [-0.3, -0.25) is 9.20 Å². The van der Waals surface area contributed by atoms with Gasteiger partial charge in [-0.15, -0.1) is 0 Å². The van der Waals surface area contributed by atoms with Crippen molar-refractivity contribution in [3.05, 3.63) is 52.5 Å². The largest absolute Gasteiger partial charge is 0.466 e. The second-order valence-corrected chi connectivity index (χ2v) is 5.07. The molecule has 0 bridgehead atoms. The minimum atomic E-state index is -0.470. The Morgan fingerprint density at radius 3 is 3.00 bits per heavy atom. The lowest BCUT2D eigenvalue weighted by Gasteiger charge is -2.00. The number of nitrogens with zero attached hydrogens (tertiary/aromatic N) is 2. The maximum atomic E-state index is 11.6. The monoisotopic (exact) mass is 286 g/mol. The Balaban J connectivity index is 2.32. The normalized spacial score (nSPS) is 11.4. The topological polar surface area (TPSA) is 60.7 Å². The summed E-state index contributed by atoms with van der Waals surface area (Å²) < 4.78 is 7.43. The summed E-state index contributed by atoms with van der Waals surface area (Å²) in [5.74, 6) is -0.470. The Morgan fingerprint density at radius 1 is 1.40 bits per heavy atom. The van der Waals surface area contributed by atoms with Gasteiger partial charge in [-0.05, 0) is 18.2 Å². The lowest BCUT2D eigenvalue weighted by atomic mass is 10.3. The van der Waals surface area contributed by atoms with E-state index in [1.807, 2.05) is 28.7 Å². The summed E-state index contributed by atoms with van der Waals surface area (Å²) in [4.78, 5) is 27.4. The van der Waals surface area contributed by atoms with Crippen LogP contribution in [0.25, 0.3) is 21.3 Å². The first-order valence-corrected chi connectivity index (χ1v) is 6.68. The molecule has 6 heteroatoms. The molecule has 0 N–H and O–H groups in total. The van der Waals surface area contributed by atoms with Gasteiger partial charge in [-0.1, -0.05) is 23.5 Å². The lowest BCUT2D eigenvalue weighted by molar-refractivity contribution is -0.134. The summed E-state index contributed by atoms with van der Waals surface area (Å²) >= 11 is 1.43. The van der Waals surface area contributed by atoms with Gasteiger partial charge in [0.2, 0.25) is 0 Å². The van der Waals surface area contributed by atoms with Crippen LogP contribution in [0.2, 0.25) is 0 Å². The van der Waals surface area contributed by atoms with Crippen molar-refractivity contribution in [3.63, 3.8) is 0 Å². The first-order chi connectivity index (χ1) is 9.69. The number of benzene rings is 1. The number of hydrogen-bond acceptors (Lipinski definition) is 5. The molecule has 3 aromatic rings. The first kappa shape index (κ1) is 12.6. The van der Waals surface area contributed by atoms with Crippen LogP contribution in [-0.4, -0.2) is 22.5 Å². The molecular formula is C14H10N2O3S. The Labute approximate surface area is 117 Å². The van der Waals surface area contributed by atoms with Crippen molar-refractivity contribution in [1.29, 1.82) is 0 Å². The summed E-state index contributed by atoms with van der Waals surface area (Å²) in [6.45, 7) is 0.